The number of aromatic amines is 1. The second-order valence-electron chi connectivity index (χ2n) is 4.59. The Morgan fingerprint density at radius 3 is 2.80 bits per heavy atom. The van der Waals surface area contributed by atoms with Crippen molar-refractivity contribution in [2.24, 2.45) is 0 Å². The van der Waals surface area contributed by atoms with Crippen LogP contribution in [0.4, 0.5) is 0 Å². The van der Waals surface area contributed by atoms with Crippen LogP contribution in [0.1, 0.15) is 19.6 Å². The molecule has 0 aliphatic carbocycles. The average Bonchev–Trinajstić information content (AvgIpc) is 2.72. The van der Waals surface area contributed by atoms with E-state index >= 15 is 0 Å². The average molecular weight is 396 g/mol. The van der Waals surface area contributed by atoms with Gasteiger partial charge in [-0.1, -0.05) is 0 Å². The summed E-state index contributed by atoms with van der Waals surface area (Å²) < 4.78 is 6.72. The van der Waals surface area contributed by atoms with Crippen molar-refractivity contribution in [3.63, 3.8) is 0 Å². The van der Waals surface area contributed by atoms with Crippen molar-refractivity contribution in [3.05, 3.63) is 30.6 Å². The second kappa shape index (κ2) is 5.39. The number of rotatable bonds is 3. The van der Waals surface area contributed by atoms with Gasteiger partial charge in [-0.2, -0.15) is 0 Å². The van der Waals surface area contributed by atoms with E-state index in [1.807, 2.05) is 0 Å². The second-order valence-corrected chi connectivity index (χ2v) is 5.75. The number of H-pyrrole nitrogens is 1. The number of nitrogens with zero attached hydrogens (tertiary/aromatic N) is 1. The lowest BCUT2D eigenvalue weighted by Gasteiger charge is -2.23. The first-order chi connectivity index (χ1) is 9.29. The Morgan fingerprint density at radius 2 is 2.30 bits per heavy atom. The highest BCUT2D eigenvalue weighted by Crippen LogP contribution is 2.36. The molecular weight excluding hydrogens is 383 g/mol. The lowest BCUT2D eigenvalue weighted by molar-refractivity contribution is -0.144. The predicted octanol–water partition coefficient (Wildman–Crippen LogP) is -1.26. The van der Waals surface area contributed by atoms with Crippen molar-refractivity contribution >= 4 is 28.4 Å². The number of aliphatic hydroxyl groups excluding tert-OH is 1. The Labute approximate surface area is 126 Å². The molecule has 1 aliphatic heterocycles. The molecule has 1 saturated heterocycles. The van der Waals surface area contributed by atoms with Gasteiger partial charge in [-0.3, -0.25) is 19.1 Å². The Morgan fingerprint density at radius 1 is 1.65 bits per heavy atom. The number of aliphatic hydroxyl groups is 2. The fourth-order valence-electron chi connectivity index (χ4n) is 2.15. The van der Waals surface area contributed by atoms with Crippen LogP contribution in [-0.4, -0.2) is 43.9 Å². The molecule has 20 heavy (non-hydrogen) atoms. The first kappa shape index (κ1) is 15.4. The molecule has 0 unspecified atom stereocenters. The summed E-state index contributed by atoms with van der Waals surface area (Å²) in [6.45, 7) is 0.634. The first-order valence-corrected chi connectivity index (χ1v) is 6.88. The van der Waals surface area contributed by atoms with Crippen LogP contribution in [0.25, 0.3) is 0 Å². The normalized spacial score (nSPS) is 29.6. The fraction of sp³-hybridized carbons (Fsp3) is 0.545. The Hall–Kier alpha value is -1.04. The molecule has 2 rings (SSSR count). The molecule has 0 spiro atoms. The van der Waals surface area contributed by atoms with Gasteiger partial charge in [0.2, 0.25) is 0 Å². The van der Waals surface area contributed by atoms with Crippen LogP contribution in [0.3, 0.4) is 0 Å². The summed E-state index contributed by atoms with van der Waals surface area (Å²) in [5, 5.41) is 19.5. The number of Topliss-reactive ketones (excluding diaryl/α,β-unsaturated/α-hetero) is 1. The summed E-state index contributed by atoms with van der Waals surface area (Å²) in [5.41, 5.74) is -3.07. The van der Waals surface area contributed by atoms with Crippen LogP contribution in [0.5, 0.6) is 0 Å². The van der Waals surface area contributed by atoms with E-state index in [1.54, 1.807) is 22.6 Å². The third kappa shape index (κ3) is 2.45. The van der Waals surface area contributed by atoms with E-state index < -0.39 is 41.6 Å². The largest absolute Gasteiger partial charge is 0.394 e. The number of hydrogen-bond acceptors (Lipinski definition) is 6. The molecular formula is C11H13IN2O6. The lowest BCUT2D eigenvalue weighted by Crippen LogP contribution is -2.46. The van der Waals surface area contributed by atoms with E-state index in [0.29, 0.717) is 0 Å². The maximum absolute atomic E-state index is 11.8. The van der Waals surface area contributed by atoms with Crippen molar-refractivity contribution < 1.29 is 19.7 Å². The van der Waals surface area contributed by atoms with Crippen molar-refractivity contribution in [2.75, 3.05) is 6.61 Å². The number of carbonyl (C=O) groups excluding carboxylic acids is 1. The van der Waals surface area contributed by atoms with Crippen molar-refractivity contribution in [1.82, 2.24) is 9.55 Å². The van der Waals surface area contributed by atoms with Gasteiger partial charge in [0.05, 0.1) is 10.2 Å². The SMILES string of the molecule is CC(=O)[C@]1(O)C[C@H](n2cc(I)c(=O)[nH]c2=O)O[C@@H]1CO. The van der Waals surface area contributed by atoms with Gasteiger partial charge in [0, 0.05) is 12.6 Å². The number of halogens is 1. The third-order valence-corrected chi connectivity index (χ3v) is 4.12. The molecule has 1 aromatic rings. The predicted molar refractivity (Wildman–Crippen MR) is 75.3 cm³/mol. The number of ether oxygens (including phenoxy) is 1. The molecule has 3 atom stereocenters. The van der Waals surface area contributed by atoms with Gasteiger partial charge >= 0.3 is 5.69 Å². The Bertz CT molecular complexity index is 653. The molecule has 0 amide bonds. The number of ketones is 1. The molecule has 0 saturated carbocycles. The van der Waals surface area contributed by atoms with Gasteiger partial charge in [0.15, 0.2) is 11.4 Å². The van der Waals surface area contributed by atoms with E-state index in [-0.39, 0.29) is 9.99 Å². The number of nitrogens with one attached hydrogen (secondary N) is 1. The summed E-state index contributed by atoms with van der Waals surface area (Å²) in [6.07, 6.45) is -0.928. The Balaban J connectivity index is 2.42. The highest BCUT2D eigenvalue weighted by Gasteiger charge is 2.51. The van der Waals surface area contributed by atoms with Crippen LogP contribution in [0.15, 0.2) is 15.8 Å². The Kier molecular flexibility index (Phi) is 4.14. The molecule has 0 aromatic carbocycles. The van der Waals surface area contributed by atoms with Crippen molar-refractivity contribution in [2.45, 2.75) is 31.3 Å². The van der Waals surface area contributed by atoms with Crippen LogP contribution in [-0.2, 0) is 9.53 Å². The zero-order valence-corrected chi connectivity index (χ0v) is 12.7. The zero-order valence-electron chi connectivity index (χ0n) is 10.5. The topological polar surface area (TPSA) is 122 Å². The molecule has 110 valence electrons. The molecule has 9 heteroatoms. The summed E-state index contributed by atoms with van der Waals surface area (Å²) in [4.78, 5) is 36.7. The molecule has 1 fully saturated rings. The highest BCUT2D eigenvalue weighted by molar-refractivity contribution is 14.1. The third-order valence-electron chi connectivity index (χ3n) is 3.35. The fourth-order valence-corrected chi connectivity index (χ4v) is 2.59. The molecule has 0 radical (unpaired) electrons. The quantitative estimate of drug-likeness (QED) is 0.549. The highest BCUT2D eigenvalue weighted by atomic mass is 127. The van der Waals surface area contributed by atoms with Crippen molar-refractivity contribution in [3.8, 4) is 0 Å². The standard InChI is InChI=1S/C11H13IN2O6/c1-5(16)11(19)2-8(20-7(11)4-15)14-3-6(12)9(17)13-10(14)18/h3,7-8,15,19H,2,4H2,1H3,(H,13,17,18)/t7-,8-,11-/m1/s1. The first-order valence-electron chi connectivity index (χ1n) is 5.80. The van der Waals surface area contributed by atoms with Crippen LogP contribution in [0, 0.1) is 3.57 Å². The number of carbonyl (C=O) groups is 1. The van der Waals surface area contributed by atoms with Crippen molar-refractivity contribution in [1.29, 1.82) is 0 Å². The van der Waals surface area contributed by atoms with E-state index in [2.05, 4.69) is 4.98 Å². The molecule has 2 heterocycles. The van der Waals surface area contributed by atoms with E-state index in [1.165, 1.54) is 13.1 Å². The van der Waals surface area contributed by atoms with E-state index in [4.69, 9.17) is 4.74 Å². The van der Waals surface area contributed by atoms with Gasteiger partial charge in [0.25, 0.3) is 5.56 Å². The molecule has 8 nitrogen and oxygen atoms in total. The van der Waals surface area contributed by atoms with Gasteiger partial charge in [-0.05, 0) is 29.5 Å². The van der Waals surface area contributed by atoms with E-state index in [0.717, 1.165) is 4.57 Å². The maximum Gasteiger partial charge on any atom is 0.330 e. The smallest absolute Gasteiger partial charge is 0.330 e. The molecule has 1 aliphatic rings. The summed E-state index contributed by atoms with van der Waals surface area (Å²) in [5.74, 6) is -0.550. The number of hydrogen-bond donors (Lipinski definition) is 3. The minimum absolute atomic E-state index is 0.171. The summed E-state index contributed by atoms with van der Waals surface area (Å²) in [6, 6.07) is 0. The maximum atomic E-state index is 11.8. The summed E-state index contributed by atoms with van der Waals surface area (Å²) in [7, 11) is 0. The van der Waals surface area contributed by atoms with Crippen LogP contribution < -0.4 is 11.2 Å². The van der Waals surface area contributed by atoms with Gasteiger partial charge in [-0.15, -0.1) is 0 Å². The molecule has 3 N–H and O–H groups in total. The minimum Gasteiger partial charge on any atom is -0.394 e. The zero-order chi connectivity index (χ0) is 15.1. The molecule has 1 aromatic heterocycles. The van der Waals surface area contributed by atoms with Crippen LogP contribution in [0.2, 0.25) is 0 Å². The van der Waals surface area contributed by atoms with Gasteiger partial charge < -0.3 is 14.9 Å². The summed E-state index contributed by atoms with van der Waals surface area (Å²) >= 11 is 1.75. The van der Waals surface area contributed by atoms with E-state index in [9.17, 15) is 24.6 Å². The van der Waals surface area contributed by atoms with Crippen LogP contribution >= 0.6 is 22.6 Å². The lowest BCUT2D eigenvalue weighted by atomic mass is 9.91. The number of aromatic nitrogens is 2. The minimum atomic E-state index is -1.85. The van der Waals surface area contributed by atoms with Gasteiger partial charge in [0.1, 0.15) is 12.3 Å². The molecule has 0 bridgehead atoms. The monoisotopic (exact) mass is 396 g/mol. The van der Waals surface area contributed by atoms with Gasteiger partial charge in [-0.25, -0.2) is 4.79 Å².